The molecule has 0 saturated carbocycles. The number of likely N-dealkylation sites (N-methyl/N-ethyl adjacent to an activating group) is 1. The van der Waals surface area contributed by atoms with Crippen LogP contribution in [0.25, 0.3) is 0 Å². The van der Waals surface area contributed by atoms with E-state index in [0.29, 0.717) is 0 Å². The Balaban J connectivity index is 3.23. The van der Waals surface area contributed by atoms with E-state index in [-0.39, 0.29) is 6.42 Å². The van der Waals surface area contributed by atoms with Gasteiger partial charge in [-0.25, -0.2) is 9.18 Å². The smallest absolute Gasteiger partial charge is 0.326 e. The van der Waals surface area contributed by atoms with E-state index < -0.39 is 39.9 Å². The third kappa shape index (κ3) is 3.08. The Morgan fingerprint density at radius 2 is 2.10 bits per heavy atom. The number of carboxylic acid groups (broad SMARTS) is 1. The molecule has 0 aliphatic heterocycles. The number of halogens is 1. The third-order valence-corrected chi connectivity index (χ3v) is 2.85. The molecular weight excluding hydrogens is 271 g/mol. The zero-order valence-electron chi connectivity index (χ0n) is 10.9. The number of amides is 1. The molecule has 1 atom stereocenters. The number of hydrogen-bond donors (Lipinski definition) is 1. The van der Waals surface area contributed by atoms with E-state index in [4.69, 9.17) is 5.11 Å². The molecule has 1 N–H and O–H groups in total. The molecule has 0 heterocycles. The lowest BCUT2D eigenvalue weighted by molar-refractivity contribution is -0.385. The van der Waals surface area contributed by atoms with Crippen LogP contribution in [-0.4, -0.2) is 39.9 Å². The molecule has 0 aliphatic carbocycles. The molecule has 20 heavy (non-hydrogen) atoms. The molecule has 7 nitrogen and oxygen atoms in total. The van der Waals surface area contributed by atoms with E-state index in [1.807, 2.05) is 0 Å². The number of nitrogens with zero attached hydrogens (tertiary/aromatic N) is 2. The fourth-order valence-electron chi connectivity index (χ4n) is 1.78. The first-order chi connectivity index (χ1) is 9.29. The Hall–Kier alpha value is -2.51. The Morgan fingerprint density at radius 3 is 2.55 bits per heavy atom. The lowest BCUT2D eigenvalue weighted by atomic mass is 10.1. The van der Waals surface area contributed by atoms with Gasteiger partial charge in [0.1, 0.15) is 17.4 Å². The van der Waals surface area contributed by atoms with Crippen LogP contribution in [0.15, 0.2) is 18.2 Å². The first-order valence-corrected chi connectivity index (χ1v) is 5.73. The van der Waals surface area contributed by atoms with Crippen LogP contribution in [0.3, 0.4) is 0 Å². The highest BCUT2D eigenvalue weighted by Crippen LogP contribution is 2.22. The van der Waals surface area contributed by atoms with Crippen LogP contribution >= 0.6 is 0 Å². The topological polar surface area (TPSA) is 101 Å². The molecule has 8 heteroatoms. The Kier molecular flexibility index (Phi) is 4.73. The Morgan fingerprint density at radius 1 is 1.50 bits per heavy atom. The summed E-state index contributed by atoms with van der Waals surface area (Å²) < 4.78 is 13.2. The van der Waals surface area contributed by atoms with Gasteiger partial charge in [-0.2, -0.15) is 0 Å². The van der Waals surface area contributed by atoms with Crippen molar-refractivity contribution in [2.24, 2.45) is 0 Å². The summed E-state index contributed by atoms with van der Waals surface area (Å²) in [7, 11) is 1.21. The van der Waals surface area contributed by atoms with Gasteiger partial charge in [0.25, 0.3) is 11.6 Å². The van der Waals surface area contributed by atoms with Crippen LogP contribution in [0.2, 0.25) is 0 Å². The van der Waals surface area contributed by atoms with Crippen molar-refractivity contribution in [3.05, 3.63) is 39.7 Å². The van der Waals surface area contributed by atoms with Crippen molar-refractivity contribution < 1.29 is 24.0 Å². The molecule has 1 rings (SSSR count). The minimum atomic E-state index is -1.23. The summed E-state index contributed by atoms with van der Waals surface area (Å²) in [6, 6.07) is 1.33. The molecule has 0 radical (unpaired) electrons. The van der Waals surface area contributed by atoms with Gasteiger partial charge in [0.2, 0.25) is 0 Å². The maximum atomic E-state index is 13.2. The van der Waals surface area contributed by atoms with Crippen LogP contribution in [0.4, 0.5) is 10.1 Å². The van der Waals surface area contributed by atoms with Crippen LogP contribution in [-0.2, 0) is 4.79 Å². The summed E-state index contributed by atoms with van der Waals surface area (Å²) in [5.41, 5.74) is -1.04. The molecule has 1 aromatic rings. The fraction of sp³-hybridized carbons (Fsp3) is 0.333. The number of carboxylic acids is 1. The zero-order chi connectivity index (χ0) is 15.4. The number of carbonyl (C=O) groups excluding carboxylic acids is 1. The molecule has 0 aliphatic rings. The second kappa shape index (κ2) is 6.09. The lowest BCUT2D eigenvalue weighted by Gasteiger charge is -2.23. The largest absolute Gasteiger partial charge is 0.480 e. The summed E-state index contributed by atoms with van der Waals surface area (Å²) >= 11 is 0. The monoisotopic (exact) mass is 284 g/mol. The van der Waals surface area contributed by atoms with Crippen LogP contribution < -0.4 is 0 Å². The highest BCUT2D eigenvalue weighted by molar-refractivity contribution is 5.99. The highest BCUT2D eigenvalue weighted by atomic mass is 19.1. The third-order valence-electron chi connectivity index (χ3n) is 2.85. The predicted molar refractivity (Wildman–Crippen MR) is 66.9 cm³/mol. The van der Waals surface area contributed by atoms with Crippen molar-refractivity contribution in [2.75, 3.05) is 7.05 Å². The van der Waals surface area contributed by atoms with Crippen LogP contribution in [0.1, 0.15) is 23.7 Å². The van der Waals surface area contributed by atoms with Crippen molar-refractivity contribution in [3.63, 3.8) is 0 Å². The number of carbonyl (C=O) groups is 2. The van der Waals surface area contributed by atoms with E-state index in [1.165, 1.54) is 7.05 Å². The van der Waals surface area contributed by atoms with Crippen LogP contribution in [0.5, 0.6) is 0 Å². The van der Waals surface area contributed by atoms with Gasteiger partial charge in [-0.1, -0.05) is 6.92 Å². The van der Waals surface area contributed by atoms with E-state index in [9.17, 15) is 24.1 Å². The van der Waals surface area contributed by atoms with Gasteiger partial charge in [0.05, 0.1) is 4.92 Å². The molecule has 0 fully saturated rings. The molecule has 1 aromatic carbocycles. The first kappa shape index (κ1) is 15.5. The SMILES string of the molecule is CCC(C(=O)O)N(C)C(=O)c1cc(F)ccc1[N+](=O)[O-]. The summed E-state index contributed by atoms with van der Waals surface area (Å²) in [5, 5.41) is 19.8. The minimum absolute atomic E-state index is 0.126. The number of rotatable bonds is 5. The van der Waals surface area contributed by atoms with E-state index in [0.717, 1.165) is 23.1 Å². The predicted octanol–water partition coefficient (Wildman–Crippen LogP) is 1.67. The van der Waals surface area contributed by atoms with Gasteiger partial charge in [-0.05, 0) is 18.6 Å². The first-order valence-electron chi connectivity index (χ1n) is 5.73. The summed E-state index contributed by atoms with van der Waals surface area (Å²) in [6.07, 6.45) is 0.126. The van der Waals surface area contributed by atoms with Crippen molar-refractivity contribution >= 4 is 17.6 Å². The summed E-state index contributed by atoms with van der Waals surface area (Å²) in [4.78, 5) is 34.0. The quantitative estimate of drug-likeness (QED) is 0.654. The number of nitro benzene ring substituents is 1. The average molecular weight is 284 g/mol. The Bertz CT molecular complexity index is 561. The van der Waals surface area contributed by atoms with E-state index in [1.54, 1.807) is 6.92 Å². The normalized spacial score (nSPS) is 11.8. The van der Waals surface area contributed by atoms with Gasteiger partial charge in [0.15, 0.2) is 0 Å². The van der Waals surface area contributed by atoms with Crippen molar-refractivity contribution in [1.82, 2.24) is 4.90 Å². The maximum Gasteiger partial charge on any atom is 0.326 e. The van der Waals surface area contributed by atoms with Crippen LogP contribution in [0, 0.1) is 15.9 Å². The number of aliphatic carboxylic acids is 1. The highest BCUT2D eigenvalue weighted by Gasteiger charge is 2.30. The van der Waals surface area contributed by atoms with E-state index in [2.05, 4.69) is 0 Å². The minimum Gasteiger partial charge on any atom is -0.480 e. The average Bonchev–Trinajstić information content (AvgIpc) is 2.37. The van der Waals surface area contributed by atoms with Gasteiger partial charge in [-0.3, -0.25) is 14.9 Å². The standard InChI is InChI=1S/C12H13FN2O5/c1-3-9(12(17)18)14(2)11(16)8-6-7(13)4-5-10(8)15(19)20/h4-6,9H,3H2,1-2H3,(H,17,18). The fourth-order valence-corrected chi connectivity index (χ4v) is 1.78. The van der Waals surface area contributed by atoms with Gasteiger partial charge < -0.3 is 10.0 Å². The summed E-state index contributed by atoms with van der Waals surface area (Å²) in [6.45, 7) is 1.56. The number of hydrogen-bond acceptors (Lipinski definition) is 4. The second-order valence-electron chi connectivity index (χ2n) is 4.10. The maximum absolute atomic E-state index is 13.2. The molecule has 0 spiro atoms. The van der Waals surface area contributed by atoms with Gasteiger partial charge >= 0.3 is 5.97 Å². The lowest BCUT2D eigenvalue weighted by Crippen LogP contribution is -2.42. The number of benzene rings is 1. The van der Waals surface area contributed by atoms with Crippen molar-refractivity contribution in [1.29, 1.82) is 0 Å². The molecule has 1 amide bonds. The molecular formula is C12H13FN2O5. The molecule has 0 bridgehead atoms. The second-order valence-corrected chi connectivity index (χ2v) is 4.10. The van der Waals surface area contributed by atoms with E-state index >= 15 is 0 Å². The molecule has 0 saturated heterocycles. The zero-order valence-corrected chi connectivity index (χ0v) is 10.9. The molecule has 1 unspecified atom stereocenters. The molecule has 0 aromatic heterocycles. The van der Waals surface area contributed by atoms with Crippen molar-refractivity contribution in [2.45, 2.75) is 19.4 Å². The van der Waals surface area contributed by atoms with Crippen molar-refractivity contribution in [3.8, 4) is 0 Å². The number of nitro groups is 1. The Labute approximate surface area is 113 Å². The summed E-state index contributed by atoms with van der Waals surface area (Å²) in [5.74, 6) is -2.96. The van der Waals surface area contributed by atoms with Gasteiger partial charge in [0, 0.05) is 13.1 Å². The molecule has 108 valence electrons. The van der Waals surface area contributed by atoms with Gasteiger partial charge in [-0.15, -0.1) is 0 Å².